The lowest BCUT2D eigenvalue weighted by molar-refractivity contribution is 0.0988. The summed E-state index contributed by atoms with van der Waals surface area (Å²) in [7, 11) is 0. The minimum atomic E-state index is -0.341. The number of halogens is 4. The van der Waals surface area contributed by atoms with Gasteiger partial charge in [0.1, 0.15) is 5.82 Å². The summed E-state index contributed by atoms with van der Waals surface area (Å²) in [6.07, 6.45) is 3.50. The van der Waals surface area contributed by atoms with Crippen molar-refractivity contribution in [2.45, 2.75) is 39.5 Å². The van der Waals surface area contributed by atoms with E-state index in [1.54, 1.807) is 18.2 Å². The van der Waals surface area contributed by atoms with Crippen LogP contribution in [0, 0.1) is 0 Å². The van der Waals surface area contributed by atoms with Gasteiger partial charge in [-0.25, -0.2) is 9.97 Å². The van der Waals surface area contributed by atoms with E-state index in [1.807, 2.05) is 109 Å². The molecule has 0 spiro atoms. The van der Waals surface area contributed by atoms with Crippen LogP contribution in [0.5, 0.6) is 0 Å². The topological polar surface area (TPSA) is 66.4 Å². The van der Waals surface area contributed by atoms with E-state index >= 15 is 0 Å². The smallest absolute Gasteiger partial charge is 0.197 e. The first-order chi connectivity index (χ1) is 30.9. The van der Waals surface area contributed by atoms with Gasteiger partial charge in [-0.2, -0.15) is 0 Å². The van der Waals surface area contributed by atoms with E-state index in [0.29, 0.717) is 65.4 Å². The molecular formula is C54H38Cl4N4O2. The average Bonchev–Trinajstić information content (AvgIpc) is 3.70. The fourth-order valence-corrected chi connectivity index (χ4v) is 10.00. The van der Waals surface area contributed by atoms with Crippen molar-refractivity contribution in [1.29, 1.82) is 0 Å². The predicted molar refractivity (Wildman–Crippen MR) is 265 cm³/mol. The molecule has 6 nitrogen and oxygen atoms in total. The van der Waals surface area contributed by atoms with Gasteiger partial charge >= 0.3 is 0 Å². The highest BCUT2D eigenvalue weighted by Crippen LogP contribution is 2.56. The number of nitrogens with zero attached hydrogens (tertiary/aromatic N) is 4. The molecule has 7 aromatic carbocycles. The molecule has 1 aliphatic carbocycles. The number of hydrogen-bond donors (Lipinski definition) is 0. The molecule has 0 bridgehead atoms. The summed E-state index contributed by atoms with van der Waals surface area (Å²) in [4.78, 5) is 43.9. The predicted octanol–water partition coefficient (Wildman–Crippen LogP) is 16.1. The van der Waals surface area contributed by atoms with Crippen molar-refractivity contribution in [2.75, 3.05) is 9.80 Å². The van der Waals surface area contributed by atoms with Crippen molar-refractivity contribution in [2.24, 2.45) is 0 Å². The maximum absolute atomic E-state index is 14.4. The number of carbonyl (C=O) groups is 2. The number of allylic oxidation sites excluding steroid dienone is 3. The third-order valence-corrected chi connectivity index (χ3v) is 12.7. The molecule has 0 saturated heterocycles. The molecule has 0 amide bonds. The Morgan fingerprint density at radius 1 is 0.469 bits per heavy atom. The Morgan fingerprint density at radius 3 is 1.34 bits per heavy atom. The molecule has 0 N–H and O–H groups in total. The summed E-state index contributed by atoms with van der Waals surface area (Å²) in [6.45, 7) is 8.69. The van der Waals surface area contributed by atoms with Gasteiger partial charge in [-0.15, -0.1) is 0 Å². The fraction of sp³-hybridized carbons (Fsp3) is 0.111. The van der Waals surface area contributed by atoms with Crippen LogP contribution in [0.25, 0.3) is 44.1 Å². The van der Waals surface area contributed by atoms with Crippen molar-refractivity contribution in [3.8, 4) is 22.3 Å². The Balaban J connectivity index is 1.34. The average molecular weight is 917 g/mol. The molecule has 2 heterocycles. The molecule has 10 heteroatoms. The van der Waals surface area contributed by atoms with Gasteiger partial charge < -0.3 is 0 Å². The van der Waals surface area contributed by atoms with E-state index < -0.39 is 0 Å². The molecule has 10 rings (SSSR count). The molecule has 2 aliphatic rings. The van der Waals surface area contributed by atoms with E-state index in [9.17, 15) is 9.59 Å². The highest BCUT2D eigenvalue weighted by molar-refractivity contribution is 6.40. The van der Waals surface area contributed by atoms with Gasteiger partial charge in [-0.1, -0.05) is 147 Å². The van der Waals surface area contributed by atoms with Crippen LogP contribution in [0.2, 0.25) is 20.1 Å². The number of aromatic nitrogens is 2. The number of benzene rings is 7. The molecule has 0 atom stereocenters. The number of para-hydroxylation sites is 4. The van der Waals surface area contributed by atoms with Gasteiger partial charge in [0, 0.05) is 42.3 Å². The van der Waals surface area contributed by atoms with Crippen LogP contribution in [0.3, 0.4) is 0 Å². The molecule has 64 heavy (non-hydrogen) atoms. The highest BCUT2D eigenvalue weighted by atomic mass is 35.5. The fourth-order valence-electron chi connectivity index (χ4n) is 8.95. The SMILES string of the molecule is CC(C)c1cccc(C(C)C)c1N1/C(=C\C=C2C(=O)c3cc4ccccc4cc3C2=O)N(c2c(-c3cc(Cl)cc(Cl)c3)cccc2-c2cc(Cl)cc(Cl)c2)c2nc3ccccc3nc21. The largest absolute Gasteiger partial charge is 0.288 e. The number of fused-ring (bicyclic) bond motifs is 4. The normalized spacial score (nSPS) is 14.2. The lowest BCUT2D eigenvalue weighted by Crippen LogP contribution is -2.25. The van der Waals surface area contributed by atoms with Gasteiger partial charge in [0.05, 0.1) is 28.0 Å². The van der Waals surface area contributed by atoms with Gasteiger partial charge in [0.25, 0.3) is 0 Å². The maximum Gasteiger partial charge on any atom is 0.197 e. The standard InChI is InChI=1S/C54H38Cl4N4O2/c1-29(2)39-13-9-14-40(30(3)4)49(39)61-48(20-19-43-51(63)44-25-31-11-5-6-12-32(31)26-45(44)52(43)64)62(54-53(61)59-46-17-7-8-18-47(46)60-54)50-41(33-21-35(55)27-36(56)22-33)15-10-16-42(50)34-23-37(57)28-38(58)24-34/h5-30H,1-4H3/b48-20+. The van der Waals surface area contributed by atoms with Crippen molar-refractivity contribution in [1.82, 2.24) is 9.97 Å². The second-order valence-electron chi connectivity index (χ2n) is 16.7. The Labute approximate surface area is 391 Å². The Hall–Kier alpha value is -6.28. The summed E-state index contributed by atoms with van der Waals surface area (Å²) < 4.78 is 0. The first-order valence-electron chi connectivity index (χ1n) is 21.0. The Kier molecular flexibility index (Phi) is 10.7. The van der Waals surface area contributed by atoms with E-state index in [1.165, 1.54) is 0 Å². The highest BCUT2D eigenvalue weighted by Gasteiger charge is 2.42. The summed E-state index contributed by atoms with van der Waals surface area (Å²) in [5.41, 5.74) is 8.94. The second kappa shape index (κ2) is 16.4. The minimum Gasteiger partial charge on any atom is -0.288 e. The van der Waals surface area contributed by atoms with Gasteiger partial charge in [-0.05, 0) is 118 Å². The number of hydrogen-bond acceptors (Lipinski definition) is 6. The molecule has 314 valence electrons. The minimum absolute atomic E-state index is 0.0534. The van der Waals surface area contributed by atoms with Crippen LogP contribution < -0.4 is 9.80 Å². The van der Waals surface area contributed by atoms with Crippen molar-refractivity contribution in [3.63, 3.8) is 0 Å². The van der Waals surface area contributed by atoms with Crippen LogP contribution in [-0.4, -0.2) is 21.5 Å². The third kappa shape index (κ3) is 7.15. The van der Waals surface area contributed by atoms with E-state index in [0.717, 1.165) is 49.8 Å². The molecule has 8 aromatic rings. The zero-order valence-corrected chi connectivity index (χ0v) is 38.2. The molecule has 1 aromatic heterocycles. The van der Waals surface area contributed by atoms with Crippen molar-refractivity contribution < 1.29 is 9.59 Å². The van der Waals surface area contributed by atoms with Crippen LogP contribution in [0.4, 0.5) is 23.0 Å². The van der Waals surface area contributed by atoms with Crippen molar-refractivity contribution >= 4 is 103 Å². The maximum atomic E-state index is 14.4. The van der Waals surface area contributed by atoms with Gasteiger partial charge in [0.15, 0.2) is 23.2 Å². The summed E-state index contributed by atoms with van der Waals surface area (Å²) in [6, 6.07) is 42.4. The number of anilines is 4. The third-order valence-electron chi connectivity index (χ3n) is 11.9. The number of carbonyl (C=O) groups excluding carboxylic acids is 2. The van der Waals surface area contributed by atoms with Crippen molar-refractivity contribution in [3.05, 3.63) is 199 Å². The molecule has 0 radical (unpaired) electrons. The van der Waals surface area contributed by atoms with Crippen LogP contribution in [-0.2, 0) is 0 Å². The molecule has 0 fully saturated rings. The van der Waals surface area contributed by atoms with Crippen LogP contribution in [0.1, 0.15) is 71.4 Å². The first kappa shape index (κ1) is 41.7. The second-order valence-corrected chi connectivity index (χ2v) is 18.4. The van der Waals surface area contributed by atoms with Gasteiger partial charge in [0.2, 0.25) is 0 Å². The monoisotopic (exact) mass is 914 g/mol. The molecule has 1 aliphatic heterocycles. The number of rotatable bonds is 7. The van der Waals surface area contributed by atoms with Crippen LogP contribution >= 0.6 is 46.4 Å². The van der Waals surface area contributed by atoms with E-state index in [4.69, 9.17) is 56.4 Å². The summed E-state index contributed by atoms with van der Waals surface area (Å²) in [5.74, 6) is 1.15. The lowest BCUT2D eigenvalue weighted by atomic mass is 9.92. The number of ketones is 2. The first-order valence-corrected chi connectivity index (χ1v) is 22.5. The van der Waals surface area contributed by atoms with Gasteiger partial charge in [-0.3, -0.25) is 19.4 Å². The quantitative estimate of drug-likeness (QED) is 0.117. The van der Waals surface area contributed by atoms with E-state index in [-0.39, 0.29) is 29.0 Å². The number of Topliss-reactive ketones (excluding diaryl/α,β-unsaturated/α-hetero) is 2. The summed E-state index contributed by atoms with van der Waals surface area (Å²) >= 11 is 27.0. The van der Waals surface area contributed by atoms with E-state index in [2.05, 4.69) is 55.7 Å². The lowest BCUT2D eigenvalue weighted by Gasteiger charge is -2.31. The molecular weight excluding hydrogens is 878 g/mol. The Morgan fingerprint density at radius 2 is 0.891 bits per heavy atom. The molecule has 0 saturated carbocycles. The summed E-state index contributed by atoms with van der Waals surface area (Å²) in [5, 5.41) is 3.59. The Bertz CT molecular complexity index is 3160. The zero-order valence-electron chi connectivity index (χ0n) is 35.1. The molecule has 0 unspecified atom stereocenters. The zero-order chi connectivity index (χ0) is 44.6. The van der Waals surface area contributed by atoms with Crippen LogP contribution in [0.15, 0.2) is 157 Å².